The molecule has 25 heavy (non-hydrogen) atoms. The maximum Gasteiger partial charge on any atom is 0.407 e. The van der Waals surface area contributed by atoms with E-state index in [0.717, 1.165) is 47.9 Å². The highest BCUT2D eigenvalue weighted by Gasteiger charge is 2.23. The molecule has 0 aliphatic carbocycles. The molecular formula is C20H22N2O3. The number of hydrogen-bond donors (Lipinski definition) is 1. The molecule has 0 spiro atoms. The van der Waals surface area contributed by atoms with Gasteiger partial charge in [-0.15, -0.1) is 0 Å². The first-order chi connectivity index (χ1) is 12.1. The third-order valence-electron chi connectivity index (χ3n) is 5.48. The standard InChI is InChI=1S/C20H22N2O3/c1-13-16-5-3-2-4-15(16)12-17-18(21-25-19(13)17)7-6-14-8-10-22(11-9-14)20(23)24/h2-5,12,14H,6-11H2,1H3,(H,23,24). The molecule has 0 bridgehead atoms. The van der Waals surface area contributed by atoms with Crippen molar-refractivity contribution in [3.8, 4) is 0 Å². The van der Waals surface area contributed by atoms with Crippen LogP contribution in [0, 0.1) is 12.8 Å². The Morgan fingerprint density at radius 3 is 2.80 bits per heavy atom. The predicted molar refractivity (Wildman–Crippen MR) is 96.9 cm³/mol. The van der Waals surface area contributed by atoms with Crippen LogP contribution in [0.15, 0.2) is 34.9 Å². The predicted octanol–water partition coefficient (Wildman–Crippen LogP) is 4.61. The summed E-state index contributed by atoms with van der Waals surface area (Å²) in [6, 6.07) is 10.5. The summed E-state index contributed by atoms with van der Waals surface area (Å²) in [5.74, 6) is 0.559. The number of amides is 1. The van der Waals surface area contributed by atoms with E-state index in [1.807, 2.05) is 6.07 Å². The monoisotopic (exact) mass is 338 g/mol. The van der Waals surface area contributed by atoms with Gasteiger partial charge >= 0.3 is 6.09 Å². The van der Waals surface area contributed by atoms with Gasteiger partial charge in [0.05, 0.1) is 5.69 Å². The van der Waals surface area contributed by atoms with E-state index in [0.29, 0.717) is 19.0 Å². The van der Waals surface area contributed by atoms with Crippen LogP contribution < -0.4 is 0 Å². The van der Waals surface area contributed by atoms with Gasteiger partial charge in [-0.3, -0.25) is 0 Å². The summed E-state index contributed by atoms with van der Waals surface area (Å²) in [5.41, 5.74) is 3.04. The van der Waals surface area contributed by atoms with Gasteiger partial charge in [0.15, 0.2) is 5.58 Å². The quantitative estimate of drug-likeness (QED) is 0.757. The molecule has 2 aromatic carbocycles. The molecule has 2 heterocycles. The molecule has 1 N–H and O–H groups in total. The number of carboxylic acid groups (broad SMARTS) is 1. The van der Waals surface area contributed by atoms with E-state index < -0.39 is 6.09 Å². The lowest BCUT2D eigenvalue weighted by Gasteiger charge is -2.29. The lowest BCUT2D eigenvalue weighted by Crippen LogP contribution is -2.37. The molecule has 1 aliphatic heterocycles. The van der Waals surface area contributed by atoms with E-state index in [1.165, 1.54) is 15.7 Å². The Morgan fingerprint density at radius 2 is 2.04 bits per heavy atom. The van der Waals surface area contributed by atoms with Gasteiger partial charge in [-0.25, -0.2) is 4.79 Å². The molecule has 0 radical (unpaired) electrons. The molecule has 5 heteroatoms. The van der Waals surface area contributed by atoms with Crippen LogP contribution in [-0.2, 0) is 6.42 Å². The van der Waals surface area contributed by atoms with Gasteiger partial charge in [-0.2, -0.15) is 0 Å². The van der Waals surface area contributed by atoms with E-state index in [1.54, 1.807) is 0 Å². The summed E-state index contributed by atoms with van der Waals surface area (Å²) in [6.07, 6.45) is 2.97. The average molecular weight is 338 g/mol. The van der Waals surface area contributed by atoms with Gasteiger partial charge < -0.3 is 14.5 Å². The van der Waals surface area contributed by atoms with Gasteiger partial charge in [0.1, 0.15) is 0 Å². The number of rotatable bonds is 3. The molecule has 130 valence electrons. The van der Waals surface area contributed by atoms with Crippen molar-refractivity contribution < 1.29 is 14.4 Å². The van der Waals surface area contributed by atoms with Crippen molar-refractivity contribution in [2.45, 2.75) is 32.6 Å². The molecule has 4 rings (SSSR count). The molecule has 1 saturated heterocycles. The van der Waals surface area contributed by atoms with Crippen LogP contribution in [0.1, 0.15) is 30.5 Å². The molecule has 3 aromatic rings. The number of nitrogens with zero attached hydrogens (tertiary/aromatic N) is 2. The number of benzene rings is 2. The maximum absolute atomic E-state index is 11.0. The number of hydrogen-bond acceptors (Lipinski definition) is 3. The highest BCUT2D eigenvalue weighted by Crippen LogP contribution is 2.31. The third-order valence-corrected chi connectivity index (χ3v) is 5.48. The number of piperidine rings is 1. The van der Waals surface area contributed by atoms with Gasteiger partial charge in [0.2, 0.25) is 0 Å². The Bertz CT molecular complexity index is 923. The van der Waals surface area contributed by atoms with Gasteiger partial charge in [-0.05, 0) is 55.4 Å². The lowest BCUT2D eigenvalue weighted by atomic mass is 9.91. The second-order valence-electron chi connectivity index (χ2n) is 6.98. The topological polar surface area (TPSA) is 66.6 Å². The number of aromatic nitrogens is 1. The van der Waals surface area contributed by atoms with Crippen LogP contribution in [0.3, 0.4) is 0 Å². The largest absolute Gasteiger partial charge is 0.465 e. The minimum Gasteiger partial charge on any atom is -0.465 e. The first-order valence-electron chi connectivity index (χ1n) is 8.88. The zero-order chi connectivity index (χ0) is 17.4. The van der Waals surface area contributed by atoms with Crippen molar-refractivity contribution in [1.29, 1.82) is 0 Å². The van der Waals surface area contributed by atoms with Crippen LogP contribution >= 0.6 is 0 Å². The molecule has 1 aromatic heterocycles. The highest BCUT2D eigenvalue weighted by molar-refractivity contribution is 6.00. The van der Waals surface area contributed by atoms with Gasteiger partial charge in [0, 0.05) is 24.0 Å². The fourth-order valence-corrected chi connectivity index (χ4v) is 3.93. The molecule has 5 nitrogen and oxygen atoms in total. The molecule has 0 unspecified atom stereocenters. The van der Waals surface area contributed by atoms with Crippen LogP contribution in [0.2, 0.25) is 0 Å². The second kappa shape index (κ2) is 6.39. The van der Waals surface area contributed by atoms with E-state index in [2.05, 4.69) is 36.3 Å². The Hall–Kier alpha value is -2.56. The van der Waals surface area contributed by atoms with Crippen molar-refractivity contribution in [2.24, 2.45) is 5.92 Å². The van der Waals surface area contributed by atoms with Crippen molar-refractivity contribution in [2.75, 3.05) is 13.1 Å². The fraction of sp³-hybridized carbons (Fsp3) is 0.400. The van der Waals surface area contributed by atoms with Crippen molar-refractivity contribution in [3.63, 3.8) is 0 Å². The van der Waals surface area contributed by atoms with E-state index in [4.69, 9.17) is 9.63 Å². The van der Waals surface area contributed by atoms with E-state index in [-0.39, 0.29) is 0 Å². The van der Waals surface area contributed by atoms with Crippen LogP contribution in [-0.4, -0.2) is 34.3 Å². The minimum atomic E-state index is -0.803. The smallest absolute Gasteiger partial charge is 0.407 e. The molecule has 1 aliphatic rings. The molecule has 1 amide bonds. The zero-order valence-corrected chi connectivity index (χ0v) is 14.4. The van der Waals surface area contributed by atoms with Crippen LogP contribution in [0.4, 0.5) is 4.79 Å². The summed E-state index contributed by atoms with van der Waals surface area (Å²) in [4.78, 5) is 12.5. The highest BCUT2D eigenvalue weighted by atomic mass is 16.5. The summed E-state index contributed by atoms with van der Waals surface area (Å²) in [5, 5.41) is 16.9. The van der Waals surface area contributed by atoms with E-state index in [9.17, 15) is 4.79 Å². The Kier molecular flexibility index (Phi) is 4.07. The Morgan fingerprint density at radius 1 is 1.28 bits per heavy atom. The average Bonchev–Trinajstić information content (AvgIpc) is 3.04. The maximum atomic E-state index is 11.0. The summed E-state index contributed by atoms with van der Waals surface area (Å²) in [7, 11) is 0. The number of likely N-dealkylation sites (tertiary alicyclic amines) is 1. The number of fused-ring (bicyclic) bond motifs is 2. The summed E-state index contributed by atoms with van der Waals surface area (Å²) < 4.78 is 5.64. The van der Waals surface area contributed by atoms with Crippen LogP contribution in [0.25, 0.3) is 21.7 Å². The second-order valence-corrected chi connectivity index (χ2v) is 6.98. The summed E-state index contributed by atoms with van der Waals surface area (Å²) >= 11 is 0. The lowest BCUT2D eigenvalue weighted by molar-refractivity contribution is 0.123. The molecular weight excluding hydrogens is 316 g/mol. The van der Waals surface area contributed by atoms with Crippen molar-refractivity contribution in [1.82, 2.24) is 10.1 Å². The summed E-state index contributed by atoms with van der Waals surface area (Å²) in [6.45, 7) is 3.37. The Balaban J connectivity index is 1.52. The number of aryl methyl sites for hydroxylation is 2. The van der Waals surface area contributed by atoms with Gasteiger partial charge in [0.25, 0.3) is 0 Å². The molecule has 1 fully saturated rings. The Labute approximate surface area is 146 Å². The van der Waals surface area contributed by atoms with Crippen molar-refractivity contribution >= 4 is 27.8 Å². The normalized spacial score (nSPS) is 16.0. The molecule has 0 saturated carbocycles. The SMILES string of the molecule is Cc1c2ccccc2cc2c(CCC3CCN(C(=O)O)CC3)noc12. The minimum absolute atomic E-state index is 0.559. The first kappa shape index (κ1) is 15.9. The first-order valence-corrected chi connectivity index (χ1v) is 8.88. The third kappa shape index (κ3) is 2.95. The fourth-order valence-electron chi connectivity index (χ4n) is 3.93. The van der Waals surface area contributed by atoms with Gasteiger partial charge in [-0.1, -0.05) is 29.4 Å². The molecule has 0 atom stereocenters. The van der Waals surface area contributed by atoms with Crippen molar-refractivity contribution in [3.05, 3.63) is 41.6 Å². The number of carbonyl (C=O) groups is 1. The zero-order valence-electron chi connectivity index (χ0n) is 14.4. The van der Waals surface area contributed by atoms with E-state index >= 15 is 0 Å². The van der Waals surface area contributed by atoms with Crippen LogP contribution in [0.5, 0.6) is 0 Å².